The predicted octanol–water partition coefficient (Wildman–Crippen LogP) is 5.71. The van der Waals surface area contributed by atoms with Crippen molar-refractivity contribution in [1.29, 1.82) is 0 Å². The first-order chi connectivity index (χ1) is 13.2. The largest absolute Gasteiger partial charge is 0.383 e. The van der Waals surface area contributed by atoms with Crippen molar-refractivity contribution < 1.29 is 5.11 Å². The molecule has 0 bridgehead atoms. The Morgan fingerprint density at radius 1 is 1.11 bits per heavy atom. The number of aryl methyl sites for hydroxylation is 1. The normalized spacial score (nSPS) is 17.7. The van der Waals surface area contributed by atoms with E-state index in [4.69, 9.17) is 0 Å². The van der Waals surface area contributed by atoms with Crippen molar-refractivity contribution in [3.63, 3.8) is 0 Å². The average Bonchev–Trinajstić information content (AvgIpc) is 3.11. The van der Waals surface area contributed by atoms with E-state index >= 15 is 0 Å². The van der Waals surface area contributed by atoms with E-state index in [2.05, 4.69) is 72.5 Å². The second-order valence-electron chi connectivity index (χ2n) is 7.62. The zero-order valence-corrected chi connectivity index (χ0v) is 16.7. The molecule has 1 aromatic heterocycles. The van der Waals surface area contributed by atoms with Crippen LogP contribution in [0.4, 0.5) is 0 Å². The van der Waals surface area contributed by atoms with Crippen LogP contribution < -0.4 is 0 Å². The number of aliphatic hydroxyl groups excluding tert-OH is 1. The van der Waals surface area contributed by atoms with Crippen LogP contribution in [0.15, 0.2) is 66.7 Å². The summed E-state index contributed by atoms with van der Waals surface area (Å²) in [7, 11) is 0. The van der Waals surface area contributed by atoms with Crippen LogP contribution in [0.1, 0.15) is 34.9 Å². The van der Waals surface area contributed by atoms with Gasteiger partial charge in [-0.25, -0.2) is 0 Å². The Labute approximate surface area is 165 Å². The number of likely N-dealkylation sites (tertiary alicyclic amines) is 1. The molecule has 2 nitrogen and oxygen atoms in total. The molecule has 0 amide bonds. The summed E-state index contributed by atoms with van der Waals surface area (Å²) in [5.41, 5.74) is 2.66. The van der Waals surface area contributed by atoms with E-state index in [9.17, 15) is 5.11 Å². The Kier molecular flexibility index (Phi) is 5.72. The minimum atomic E-state index is -0.495. The topological polar surface area (TPSA) is 23.5 Å². The Morgan fingerprint density at radius 3 is 2.67 bits per heavy atom. The molecule has 0 spiro atoms. The quantitative estimate of drug-likeness (QED) is 0.576. The minimum absolute atomic E-state index is 0.495. The fourth-order valence-electron chi connectivity index (χ4n) is 3.81. The molecule has 1 aliphatic rings. The highest BCUT2D eigenvalue weighted by atomic mass is 32.1. The minimum Gasteiger partial charge on any atom is -0.383 e. The smallest absolute Gasteiger partial charge is 0.106 e. The van der Waals surface area contributed by atoms with Gasteiger partial charge in [0.25, 0.3) is 0 Å². The molecule has 0 radical (unpaired) electrons. The maximum atomic E-state index is 10.6. The first kappa shape index (κ1) is 18.4. The molecule has 1 unspecified atom stereocenters. The van der Waals surface area contributed by atoms with Crippen molar-refractivity contribution in [2.75, 3.05) is 13.1 Å². The van der Waals surface area contributed by atoms with Crippen LogP contribution in [0.3, 0.4) is 0 Å². The summed E-state index contributed by atoms with van der Waals surface area (Å²) in [4.78, 5) is 3.57. The predicted molar refractivity (Wildman–Crippen MR) is 115 cm³/mol. The van der Waals surface area contributed by atoms with Gasteiger partial charge in [-0.05, 0) is 67.4 Å². The highest BCUT2D eigenvalue weighted by Gasteiger charge is 2.18. The fourth-order valence-corrected chi connectivity index (χ4v) is 4.94. The second-order valence-corrected chi connectivity index (χ2v) is 8.73. The van der Waals surface area contributed by atoms with Gasteiger partial charge < -0.3 is 5.11 Å². The fraction of sp³-hybridized carbons (Fsp3) is 0.333. The van der Waals surface area contributed by atoms with Crippen LogP contribution in [0.25, 0.3) is 10.1 Å². The Hall–Kier alpha value is -1.94. The van der Waals surface area contributed by atoms with Gasteiger partial charge >= 0.3 is 0 Å². The molecule has 27 heavy (non-hydrogen) atoms. The lowest BCUT2D eigenvalue weighted by atomic mass is 9.95. The Morgan fingerprint density at radius 2 is 1.89 bits per heavy atom. The van der Waals surface area contributed by atoms with E-state index in [-0.39, 0.29) is 0 Å². The number of allylic oxidation sites excluding steroid dienone is 1. The molecular weight excluding hydrogens is 350 g/mol. The number of rotatable bonds is 5. The molecular formula is C24H27NOS. The Bertz CT molecular complexity index is 907. The number of hydrogen-bond donors (Lipinski definition) is 1. The lowest BCUT2D eigenvalue weighted by Crippen LogP contribution is -2.32. The van der Waals surface area contributed by atoms with E-state index in [0.29, 0.717) is 5.92 Å². The summed E-state index contributed by atoms with van der Waals surface area (Å²) >= 11 is 1.70. The summed E-state index contributed by atoms with van der Waals surface area (Å²) in [5.74, 6) is 0.572. The summed E-state index contributed by atoms with van der Waals surface area (Å²) in [6, 6.07) is 19.3. The lowest BCUT2D eigenvalue weighted by molar-refractivity contribution is 0.193. The SMILES string of the molecule is Cc1ccc2cc(C(O)C=CC3CCN(Cc4ccccc4)CC3)sc2c1. The molecule has 2 aromatic carbocycles. The molecule has 2 heterocycles. The summed E-state index contributed by atoms with van der Waals surface area (Å²) in [5, 5.41) is 11.8. The molecule has 4 rings (SSSR count). The molecule has 140 valence electrons. The molecule has 1 atom stereocenters. The maximum absolute atomic E-state index is 10.6. The first-order valence-electron chi connectivity index (χ1n) is 9.80. The van der Waals surface area contributed by atoms with Gasteiger partial charge in [0.15, 0.2) is 0 Å². The summed E-state index contributed by atoms with van der Waals surface area (Å²) in [6.07, 6.45) is 6.07. The van der Waals surface area contributed by atoms with Crippen LogP contribution in [0, 0.1) is 12.8 Å². The zero-order valence-electron chi connectivity index (χ0n) is 15.8. The first-order valence-corrected chi connectivity index (χ1v) is 10.6. The van der Waals surface area contributed by atoms with Gasteiger partial charge in [-0.15, -0.1) is 11.3 Å². The van der Waals surface area contributed by atoms with E-state index in [0.717, 1.165) is 24.5 Å². The van der Waals surface area contributed by atoms with Crippen LogP contribution in [0.2, 0.25) is 0 Å². The maximum Gasteiger partial charge on any atom is 0.106 e. The molecule has 0 saturated carbocycles. The van der Waals surface area contributed by atoms with Crippen LogP contribution in [-0.2, 0) is 6.54 Å². The van der Waals surface area contributed by atoms with Crippen molar-refractivity contribution in [2.24, 2.45) is 5.92 Å². The lowest BCUT2D eigenvalue weighted by Gasteiger charge is -2.30. The van der Waals surface area contributed by atoms with E-state index in [1.807, 2.05) is 6.08 Å². The van der Waals surface area contributed by atoms with Gasteiger partial charge in [0.2, 0.25) is 0 Å². The molecule has 0 aliphatic carbocycles. The zero-order chi connectivity index (χ0) is 18.6. The van der Waals surface area contributed by atoms with Crippen LogP contribution in [0.5, 0.6) is 0 Å². The molecule has 1 N–H and O–H groups in total. The van der Waals surface area contributed by atoms with Crippen molar-refractivity contribution in [3.8, 4) is 0 Å². The van der Waals surface area contributed by atoms with E-state index < -0.39 is 6.10 Å². The third-order valence-corrected chi connectivity index (χ3v) is 6.60. The summed E-state index contributed by atoms with van der Waals surface area (Å²) in [6.45, 7) is 5.41. The average molecular weight is 378 g/mol. The van der Waals surface area contributed by atoms with Crippen LogP contribution in [-0.4, -0.2) is 23.1 Å². The number of nitrogens with zero attached hydrogens (tertiary/aromatic N) is 1. The third kappa shape index (κ3) is 4.67. The van der Waals surface area contributed by atoms with Gasteiger partial charge in [-0.2, -0.15) is 0 Å². The number of thiophene rings is 1. The molecule has 3 heteroatoms. The third-order valence-electron chi connectivity index (χ3n) is 5.43. The van der Waals surface area contributed by atoms with Crippen LogP contribution >= 0.6 is 11.3 Å². The van der Waals surface area contributed by atoms with Crippen molar-refractivity contribution in [1.82, 2.24) is 4.90 Å². The second kappa shape index (κ2) is 8.39. The Balaban J connectivity index is 1.32. The number of aliphatic hydroxyl groups is 1. The van der Waals surface area contributed by atoms with Gasteiger partial charge in [-0.3, -0.25) is 4.90 Å². The van der Waals surface area contributed by atoms with Crippen molar-refractivity contribution in [3.05, 3.63) is 82.8 Å². The summed E-state index contributed by atoms with van der Waals surface area (Å²) < 4.78 is 1.26. The van der Waals surface area contributed by atoms with Gasteiger partial charge in [0.05, 0.1) is 0 Å². The highest BCUT2D eigenvalue weighted by molar-refractivity contribution is 7.19. The van der Waals surface area contributed by atoms with E-state index in [1.165, 1.54) is 34.1 Å². The van der Waals surface area contributed by atoms with E-state index in [1.54, 1.807) is 11.3 Å². The number of fused-ring (bicyclic) bond motifs is 1. The number of benzene rings is 2. The molecule has 3 aromatic rings. The highest BCUT2D eigenvalue weighted by Crippen LogP contribution is 2.32. The molecule has 1 saturated heterocycles. The number of hydrogen-bond acceptors (Lipinski definition) is 3. The molecule has 1 aliphatic heterocycles. The standard InChI is InChI=1S/C24H27NOS/c1-18-7-9-21-16-24(27-23(21)15-18)22(26)10-8-19-11-13-25(14-12-19)17-20-5-3-2-4-6-20/h2-10,15-16,19,22,26H,11-14,17H2,1H3. The van der Waals surface area contributed by atoms with Gasteiger partial charge in [0.1, 0.15) is 6.10 Å². The monoisotopic (exact) mass is 377 g/mol. The molecule has 1 fully saturated rings. The van der Waals surface area contributed by atoms with Crippen molar-refractivity contribution >= 4 is 21.4 Å². The van der Waals surface area contributed by atoms with Gasteiger partial charge in [-0.1, -0.05) is 54.6 Å². The van der Waals surface area contributed by atoms with Crippen molar-refractivity contribution in [2.45, 2.75) is 32.4 Å². The van der Waals surface area contributed by atoms with Gasteiger partial charge in [0, 0.05) is 16.1 Å². The number of piperidine rings is 1.